The molecule has 0 saturated heterocycles. The highest BCUT2D eigenvalue weighted by molar-refractivity contribution is 6.30. The summed E-state index contributed by atoms with van der Waals surface area (Å²) >= 11 is 6.16. The molecule has 2 aromatic heterocycles. The Morgan fingerprint density at radius 2 is 2.00 bits per heavy atom. The number of hydrogen-bond donors (Lipinski definition) is 2. The van der Waals surface area contributed by atoms with Crippen LogP contribution in [0.25, 0.3) is 22.5 Å². The number of halogens is 1. The summed E-state index contributed by atoms with van der Waals surface area (Å²) in [6.45, 7) is 2.07. The Hall–Kier alpha value is -3.58. The monoisotopic (exact) mass is 444 g/mol. The van der Waals surface area contributed by atoms with Gasteiger partial charge in [-0.1, -0.05) is 36.7 Å². The van der Waals surface area contributed by atoms with E-state index in [1.165, 1.54) is 0 Å². The number of carbonyl (C=O) groups is 1. The van der Waals surface area contributed by atoms with Gasteiger partial charge in [-0.3, -0.25) is 9.78 Å². The van der Waals surface area contributed by atoms with Gasteiger partial charge in [0.05, 0.1) is 5.41 Å². The van der Waals surface area contributed by atoms with Crippen molar-refractivity contribution in [3.05, 3.63) is 77.1 Å². The second-order valence-corrected chi connectivity index (χ2v) is 8.37. The Bertz CT molecular complexity index is 1280. The van der Waals surface area contributed by atoms with Gasteiger partial charge in [-0.15, -0.1) is 10.2 Å². The summed E-state index contributed by atoms with van der Waals surface area (Å²) in [5.41, 5.74) is 4.81. The average molecular weight is 445 g/mol. The second-order valence-electron chi connectivity index (χ2n) is 7.93. The van der Waals surface area contributed by atoms with Crippen molar-refractivity contribution in [3.8, 4) is 22.5 Å². The molecule has 1 saturated carbocycles. The molecule has 0 bridgehead atoms. The van der Waals surface area contributed by atoms with Gasteiger partial charge in [-0.05, 0) is 77.6 Å². The van der Waals surface area contributed by atoms with Crippen molar-refractivity contribution < 1.29 is 4.79 Å². The normalized spacial score (nSPS) is 14.2. The van der Waals surface area contributed by atoms with Gasteiger partial charge in [0.1, 0.15) is 0 Å². The van der Waals surface area contributed by atoms with E-state index in [0.717, 1.165) is 47.2 Å². The Kier molecular flexibility index (Phi) is 5.19. The van der Waals surface area contributed by atoms with Gasteiger partial charge in [0.15, 0.2) is 0 Å². The van der Waals surface area contributed by atoms with Crippen LogP contribution in [-0.2, 0) is 16.6 Å². The maximum Gasteiger partial charge on any atom is 0.235 e. The molecule has 0 radical (unpaired) electrons. The summed E-state index contributed by atoms with van der Waals surface area (Å²) in [5.74, 6) is 0.422. The Balaban J connectivity index is 1.49. The fourth-order valence-electron chi connectivity index (χ4n) is 3.98. The van der Waals surface area contributed by atoms with Crippen molar-refractivity contribution in [2.45, 2.75) is 31.6 Å². The topological polar surface area (TPSA) is 96.5 Å². The minimum absolute atomic E-state index is 0.0382. The number of anilines is 1. The molecule has 1 aliphatic rings. The number of aryl methyl sites for hydroxylation is 1. The summed E-state index contributed by atoms with van der Waals surface area (Å²) in [6, 6.07) is 17.3. The van der Waals surface area contributed by atoms with Crippen LogP contribution in [0.5, 0.6) is 0 Å². The molecule has 2 heterocycles. The maximum atomic E-state index is 13.2. The molecule has 32 heavy (non-hydrogen) atoms. The van der Waals surface area contributed by atoms with Crippen LogP contribution in [0.2, 0.25) is 5.02 Å². The number of pyridine rings is 1. The highest BCUT2D eigenvalue weighted by atomic mass is 35.5. The van der Waals surface area contributed by atoms with Crippen molar-refractivity contribution in [1.29, 1.82) is 0 Å². The van der Waals surface area contributed by atoms with Crippen LogP contribution in [0.1, 0.15) is 31.0 Å². The van der Waals surface area contributed by atoms with E-state index >= 15 is 0 Å². The van der Waals surface area contributed by atoms with Crippen molar-refractivity contribution in [2.24, 2.45) is 0 Å². The highest BCUT2D eigenvalue weighted by Gasteiger charge is 2.51. The summed E-state index contributed by atoms with van der Waals surface area (Å²) in [6.07, 6.45) is 4.23. The molecule has 0 atom stereocenters. The predicted octanol–water partition coefficient (Wildman–Crippen LogP) is 4.81. The van der Waals surface area contributed by atoms with Crippen molar-refractivity contribution in [1.82, 2.24) is 25.6 Å². The first kappa shape index (κ1) is 20.3. The zero-order valence-corrected chi connectivity index (χ0v) is 18.2. The van der Waals surface area contributed by atoms with E-state index in [4.69, 9.17) is 11.6 Å². The smallest absolute Gasteiger partial charge is 0.235 e. The van der Waals surface area contributed by atoms with Gasteiger partial charge in [0.25, 0.3) is 0 Å². The van der Waals surface area contributed by atoms with Crippen LogP contribution in [-0.4, -0.2) is 31.5 Å². The molecule has 1 aliphatic carbocycles. The maximum absolute atomic E-state index is 13.2. The number of amides is 1. The van der Waals surface area contributed by atoms with Crippen LogP contribution < -0.4 is 5.32 Å². The molecule has 0 spiro atoms. The van der Waals surface area contributed by atoms with Crippen LogP contribution in [0, 0.1) is 0 Å². The van der Waals surface area contributed by atoms with E-state index in [1.54, 1.807) is 6.20 Å². The lowest BCUT2D eigenvalue weighted by Crippen LogP contribution is -2.27. The van der Waals surface area contributed by atoms with E-state index in [2.05, 4.69) is 43.9 Å². The molecule has 8 heteroatoms. The first-order valence-corrected chi connectivity index (χ1v) is 10.9. The van der Waals surface area contributed by atoms with E-state index in [1.807, 2.05) is 48.5 Å². The summed E-state index contributed by atoms with van der Waals surface area (Å²) < 4.78 is 0. The van der Waals surface area contributed by atoms with Gasteiger partial charge in [-0.25, -0.2) is 0 Å². The number of rotatable bonds is 6. The number of nitrogens with one attached hydrogen (secondary N) is 2. The van der Waals surface area contributed by atoms with E-state index in [-0.39, 0.29) is 5.91 Å². The number of H-pyrrole nitrogens is 1. The molecule has 1 amide bonds. The lowest BCUT2D eigenvalue weighted by atomic mass is 9.94. The molecular weight excluding hydrogens is 424 g/mol. The quantitative estimate of drug-likeness (QED) is 0.444. The Morgan fingerprint density at radius 3 is 2.72 bits per heavy atom. The molecule has 160 valence electrons. The van der Waals surface area contributed by atoms with Crippen molar-refractivity contribution in [3.63, 3.8) is 0 Å². The minimum Gasteiger partial charge on any atom is -0.325 e. The third-order valence-corrected chi connectivity index (χ3v) is 6.15. The van der Waals surface area contributed by atoms with Crippen LogP contribution >= 0.6 is 11.6 Å². The molecule has 4 aromatic rings. The number of tetrazole rings is 1. The number of aromatic nitrogens is 5. The fraction of sp³-hybridized carbons (Fsp3) is 0.208. The molecule has 0 unspecified atom stereocenters. The third-order valence-electron chi connectivity index (χ3n) is 5.92. The van der Waals surface area contributed by atoms with Gasteiger partial charge < -0.3 is 5.32 Å². The third kappa shape index (κ3) is 3.76. The summed E-state index contributed by atoms with van der Waals surface area (Å²) in [4.78, 5) is 17.6. The molecule has 0 aliphatic heterocycles. The van der Waals surface area contributed by atoms with Gasteiger partial charge in [-0.2, -0.15) is 5.21 Å². The number of hydrogen-bond acceptors (Lipinski definition) is 5. The van der Waals surface area contributed by atoms with E-state index in [9.17, 15) is 4.79 Å². The fourth-order valence-corrected chi connectivity index (χ4v) is 4.17. The largest absolute Gasteiger partial charge is 0.325 e. The number of carbonyl (C=O) groups excluding carboxylic acids is 1. The molecule has 2 N–H and O–H groups in total. The molecule has 1 fully saturated rings. The number of nitrogens with zero attached hydrogens (tertiary/aromatic N) is 4. The van der Waals surface area contributed by atoms with Crippen LogP contribution in [0.4, 0.5) is 5.69 Å². The minimum atomic E-state index is -0.531. The average Bonchev–Trinajstić information content (AvgIpc) is 3.46. The lowest BCUT2D eigenvalue weighted by molar-refractivity contribution is -0.118. The second kappa shape index (κ2) is 8.16. The standard InChI is InChI=1S/C24H21ClN6O/c1-2-18-12-15(8-11-26-18)20-7-6-19(14-21(20)22-28-30-31-29-22)27-23(32)24(9-10-24)16-4-3-5-17(25)13-16/h3-8,11-14H,2,9-10H2,1H3,(H,27,32)(H,28,29,30,31). The highest BCUT2D eigenvalue weighted by Crippen LogP contribution is 2.49. The van der Waals surface area contributed by atoms with Gasteiger partial charge >= 0.3 is 0 Å². The molecule has 7 nitrogen and oxygen atoms in total. The molecule has 5 rings (SSSR count). The zero-order chi connectivity index (χ0) is 22.1. The van der Waals surface area contributed by atoms with E-state index in [0.29, 0.717) is 16.5 Å². The molecule has 2 aromatic carbocycles. The summed E-state index contributed by atoms with van der Waals surface area (Å²) in [7, 11) is 0. The SMILES string of the molecule is CCc1cc(-c2ccc(NC(=O)C3(c4cccc(Cl)c4)CC3)cc2-c2nn[nH]n2)ccn1. The van der Waals surface area contributed by atoms with Crippen LogP contribution in [0.15, 0.2) is 60.8 Å². The van der Waals surface area contributed by atoms with Crippen LogP contribution in [0.3, 0.4) is 0 Å². The van der Waals surface area contributed by atoms with Gasteiger partial charge in [0.2, 0.25) is 11.7 Å². The van der Waals surface area contributed by atoms with E-state index < -0.39 is 5.41 Å². The number of aromatic amines is 1. The van der Waals surface area contributed by atoms with Crippen molar-refractivity contribution >= 4 is 23.2 Å². The lowest BCUT2D eigenvalue weighted by Gasteiger charge is -2.17. The predicted molar refractivity (Wildman–Crippen MR) is 123 cm³/mol. The Labute approximate surface area is 190 Å². The number of benzene rings is 2. The molecular formula is C24H21ClN6O. The first-order chi connectivity index (χ1) is 15.6. The van der Waals surface area contributed by atoms with Gasteiger partial charge in [0, 0.05) is 28.2 Å². The first-order valence-electron chi connectivity index (χ1n) is 10.5. The summed E-state index contributed by atoms with van der Waals surface area (Å²) in [5, 5.41) is 18.3. The van der Waals surface area contributed by atoms with Crippen molar-refractivity contribution in [2.75, 3.05) is 5.32 Å². The zero-order valence-electron chi connectivity index (χ0n) is 17.5. The Morgan fingerprint density at radius 1 is 1.12 bits per heavy atom.